The summed E-state index contributed by atoms with van der Waals surface area (Å²) in [6.45, 7) is 4.03. The number of rotatable bonds is 7. The number of carbonyl (C=O) groups excluding carboxylic acids is 1. The molecule has 1 N–H and O–H groups in total. The van der Waals surface area contributed by atoms with Crippen LogP contribution in [0.15, 0.2) is 41.0 Å². The molecule has 0 spiro atoms. The minimum absolute atomic E-state index is 0.00365. The van der Waals surface area contributed by atoms with Crippen LogP contribution < -0.4 is 14.8 Å². The van der Waals surface area contributed by atoms with Crippen LogP contribution in [-0.4, -0.2) is 40.1 Å². The molecule has 1 amide bonds. The number of amides is 1. The zero-order chi connectivity index (χ0) is 20.1. The molecule has 0 aliphatic rings. The molecule has 0 aliphatic carbocycles. The minimum Gasteiger partial charge on any atom is -0.493 e. The number of nitrogens with zero attached hydrogens (tertiary/aromatic N) is 4. The van der Waals surface area contributed by atoms with Gasteiger partial charge in [0.25, 0.3) is 11.8 Å². The lowest BCUT2D eigenvalue weighted by Gasteiger charge is -2.07. The average Bonchev–Trinajstić information content (AvgIpc) is 3.35. The highest BCUT2D eigenvalue weighted by atomic mass is 16.5. The Morgan fingerprint density at radius 3 is 2.64 bits per heavy atom. The van der Waals surface area contributed by atoms with E-state index in [9.17, 15) is 4.79 Å². The summed E-state index contributed by atoms with van der Waals surface area (Å²) in [6.07, 6.45) is 4.83. The Balaban J connectivity index is 1.65. The maximum absolute atomic E-state index is 12.1. The summed E-state index contributed by atoms with van der Waals surface area (Å²) in [4.78, 5) is 12.1. The molecule has 2 heterocycles. The molecular formula is C19H21N5O4. The Labute approximate surface area is 162 Å². The van der Waals surface area contributed by atoms with Crippen LogP contribution >= 0.6 is 0 Å². The van der Waals surface area contributed by atoms with Gasteiger partial charge in [-0.3, -0.25) is 14.8 Å². The number of aromatic nitrogens is 4. The third-order valence-electron chi connectivity index (χ3n) is 3.85. The van der Waals surface area contributed by atoms with E-state index in [1.165, 1.54) is 6.08 Å². The van der Waals surface area contributed by atoms with Crippen molar-refractivity contribution in [3.63, 3.8) is 0 Å². The van der Waals surface area contributed by atoms with Gasteiger partial charge in [-0.25, -0.2) is 0 Å². The van der Waals surface area contributed by atoms with E-state index in [0.29, 0.717) is 17.2 Å². The van der Waals surface area contributed by atoms with E-state index in [0.717, 1.165) is 5.56 Å². The van der Waals surface area contributed by atoms with Crippen molar-refractivity contribution in [1.29, 1.82) is 0 Å². The maximum atomic E-state index is 12.1. The Morgan fingerprint density at radius 2 is 1.96 bits per heavy atom. The largest absolute Gasteiger partial charge is 0.493 e. The zero-order valence-electron chi connectivity index (χ0n) is 16.0. The van der Waals surface area contributed by atoms with Crippen molar-refractivity contribution in [2.45, 2.75) is 19.9 Å². The summed E-state index contributed by atoms with van der Waals surface area (Å²) in [6, 6.07) is 7.32. The molecule has 0 unspecified atom stereocenters. The first-order valence-corrected chi connectivity index (χ1v) is 8.60. The van der Waals surface area contributed by atoms with Gasteiger partial charge >= 0.3 is 6.01 Å². The summed E-state index contributed by atoms with van der Waals surface area (Å²) in [5.74, 6) is 1.02. The van der Waals surface area contributed by atoms with Crippen molar-refractivity contribution >= 4 is 18.0 Å². The smallest absolute Gasteiger partial charge is 0.322 e. The lowest BCUT2D eigenvalue weighted by atomic mass is 10.2. The van der Waals surface area contributed by atoms with E-state index in [-0.39, 0.29) is 17.9 Å². The Hall–Kier alpha value is -3.62. The standard InChI is InChI=1S/C19H21N5O4/c1-12(2)24-10-9-14(23-24)18-21-22-19(28-18)20-17(25)8-6-13-5-7-15(26-3)16(11-13)27-4/h5-12H,1-4H3,(H,20,22,25). The molecule has 9 heteroatoms. The van der Waals surface area contributed by atoms with Gasteiger partial charge in [0.05, 0.1) is 14.2 Å². The molecule has 3 aromatic rings. The fraction of sp³-hybridized carbons (Fsp3) is 0.263. The molecule has 28 heavy (non-hydrogen) atoms. The van der Waals surface area contributed by atoms with Crippen LogP contribution in [0, 0.1) is 0 Å². The third-order valence-corrected chi connectivity index (χ3v) is 3.85. The Morgan fingerprint density at radius 1 is 1.18 bits per heavy atom. The van der Waals surface area contributed by atoms with Gasteiger partial charge in [-0.1, -0.05) is 11.2 Å². The normalized spacial score (nSPS) is 11.2. The Kier molecular flexibility index (Phi) is 5.73. The second kappa shape index (κ2) is 8.38. The number of ether oxygens (including phenoxy) is 2. The summed E-state index contributed by atoms with van der Waals surface area (Å²) >= 11 is 0. The van der Waals surface area contributed by atoms with Crippen LogP contribution in [0.1, 0.15) is 25.5 Å². The highest BCUT2D eigenvalue weighted by Gasteiger charge is 2.13. The molecule has 146 valence electrons. The molecule has 0 bridgehead atoms. The molecule has 1 aromatic carbocycles. The van der Waals surface area contributed by atoms with Gasteiger partial charge < -0.3 is 13.9 Å². The Bertz CT molecular complexity index is 990. The van der Waals surface area contributed by atoms with Gasteiger partial charge in [0.15, 0.2) is 11.5 Å². The molecule has 0 fully saturated rings. The molecule has 0 saturated heterocycles. The van der Waals surface area contributed by atoms with Crippen LogP contribution in [0.3, 0.4) is 0 Å². The summed E-state index contributed by atoms with van der Waals surface area (Å²) < 4.78 is 17.7. The molecule has 3 rings (SSSR count). The predicted octanol–water partition coefficient (Wildman–Crippen LogP) is 3.18. The fourth-order valence-corrected chi connectivity index (χ4v) is 2.39. The van der Waals surface area contributed by atoms with Gasteiger partial charge in [0.2, 0.25) is 0 Å². The summed E-state index contributed by atoms with van der Waals surface area (Å²) in [5, 5.41) is 14.6. The second-order valence-corrected chi connectivity index (χ2v) is 6.12. The molecule has 0 saturated carbocycles. The van der Waals surface area contributed by atoms with E-state index in [4.69, 9.17) is 13.9 Å². The van der Waals surface area contributed by atoms with Gasteiger partial charge in [-0.2, -0.15) is 5.10 Å². The topological polar surface area (TPSA) is 104 Å². The van der Waals surface area contributed by atoms with Crippen molar-refractivity contribution in [2.24, 2.45) is 0 Å². The lowest BCUT2D eigenvalue weighted by molar-refractivity contribution is -0.112. The molecular weight excluding hydrogens is 362 g/mol. The van der Waals surface area contributed by atoms with Crippen molar-refractivity contribution in [3.05, 3.63) is 42.1 Å². The number of carbonyl (C=O) groups is 1. The highest BCUT2D eigenvalue weighted by molar-refractivity contribution is 6.00. The van der Waals surface area contributed by atoms with Crippen LogP contribution in [-0.2, 0) is 4.79 Å². The van der Waals surface area contributed by atoms with Gasteiger partial charge in [-0.05, 0) is 43.7 Å². The lowest BCUT2D eigenvalue weighted by Crippen LogP contribution is -2.07. The summed E-state index contributed by atoms with van der Waals surface area (Å²) in [5.41, 5.74) is 1.32. The highest BCUT2D eigenvalue weighted by Crippen LogP contribution is 2.28. The van der Waals surface area contributed by atoms with E-state index in [1.54, 1.807) is 49.2 Å². The van der Waals surface area contributed by atoms with Crippen molar-refractivity contribution in [2.75, 3.05) is 19.5 Å². The number of nitrogens with one attached hydrogen (secondary N) is 1. The molecule has 9 nitrogen and oxygen atoms in total. The van der Waals surface area contributed by atoms with Crippen LogP contribution in [0.25, 0.3) is 17.7 Å². The molecule has 2 aromatic heterocycles. The zero-order valence-corrected chi connectivity index (χ0v) is 16.0. The molecule has 0 aliphatic heterocycles. The number of hydrogen-bond donors (Lipinski definition) is 1. The van der Waals surface area contributed by atoms with Crippen molar-refractivity contribution in [3.8, 4) is 23.1 Å². The van der Waals surface area contributed by atoms with E-state index in [2.05, 4.69) is 20.6 Å². The maximum Gasteiger partial charge on any atom is 0.322 e. The van der Waals surface area contributed by atoms with Gasteiger partial charge in [0.1, 0.15) is 5.69 Å². The number of methoxy groups -OCH3 is 2. The molecule has 0 radical (unpaired) electrons. The van der Waals surface area contributed by atoms with E-state index < -0.39 is 5.91 Å². The molecule has 0 atom stereocenters. The van der Waals surface area contributed by atoms with Crippen molar-refractivity contribution in [1.82, 2.24) is 20.0 Å². The first kappa shape index (κ1) is 19.2. The van der Waals surface area contributed by atoms with E-state index >= 15 is 0 Å². The third kappa shape index (κ3) is 4.37. The first-order valence-electron chi connectivity index (χ1n) is 8.60. The monoisotopic (exact) mass is 383 g/mol. The number of hydrogen-bond acceptors (Lipinski definition) is 7. The minimum atomic E-state index is -0.405. The van der Waals surface area contributed by atoms with Crippen LogP contribution in [0.2, 0.25) is 0 Å². The number of benzene rings is 1. The van der Waals surface area contributed by atoms with Crippen LogP contribution in [0.5, 0.6) is 11.5 Å². The SMILES string of the molecule is COc1ccc(C=CC(=O)Nc2nnc(-c3ccn(C(C)C)n3)o2)cc1OC. The fourth-order valence-electron chi connectivity index (χ4n) is 2.39. The van der Waals surface area contributed by atoms with Crippen LogP contribution in [0.4, 0.5) is 6.01 Å². The van der Waals surface area contributed by atoms with Gasteiger partial charge in [0, 0.05) is 18.3 Å². The second-order valence-electron chi connectivity index (χ2n) is 6.12. The van der Waals surface area contributed by atoms with Gasteiger partial charge in [-0.15, -0.1) is 5.10 Å². The average molecular weight is 383 g/mol. The van der Waals surface area contributed by atoms with Crippen molar-refractivity contribution < 1.29 is 18.7 Å². The first-order chi connectivity index (χ1) is 13.5. The number of anilines is 1. The van der Waals surface area contributed by atoms with E-state index in [1.807, 2.05) is 20.0 Å². The quantitative estimate of drug-likeness (QED) is 0.625. The predicted molar refractivity (Wildman–Crippen MR) is 103 cm³/mol. The summed E-state index contributed by atoms with van der Waals surface area (Å²) in [7, 11) is 3.11.